The highest BCUT2D eigenvalue weighted by Gasteiger charge is 2.34. The zero-order valence-electron chi connectivity index (χ0n) is 19.2. The first kappa shape index (κ1) is 23.2. The van der Waals surface area contributed by atoms with Gasteiger partial charge in [-0.25, -0.2) is 8.42 Å². The summed E-state index contributed by atoms with van der Waals surface area (Å²) in [6.45, 7) is 5.19. The lowest BCUT2D eigenvalue weighted by Crippen LogP contribution is -2.46. The third-order valence-electron chi connectivity index (χ3n) is 7.37. The van der Waals surface area contributed by atoms with E-state index in [4.69, 9.17) is 0 Å². The van der Waals surface area contributed by atoms with Gasteiger partial charge in [0.25, 0.3) is 0 Å². The lowest BCUT2D eigenvalue weighted by atomic mass is 9.87. The van der Waals surface area contributed by atoms with Crippen LogP contribution in [-0.2, 0) is 26.0 Å². The van der Waals surface area contributed by atoms with Crippen LogP contribution >= 0.6 is 0 Å². The molecule has 7 nitrogen and oxygen atoms in total. The molecule has 0 bridgehead atoms. The molecule has 0 aromatic heterocycles. The number of carbonyl (C=O) groups is 2. The smallest absolute Gasteiger partial charge is 0.243 e. The van der Waals surface area contributed by atoms with E-state index in [1.54, 1.807) is 23.1 Å². The van der Waals surface area contributed by atoms with Gasteiger partial charge in [0.2, 0.25) is 21.8 Å². The Hall–Kier alpha value is -1.93. The van der Waals surface area contributed by atoms with Crippen LogP contribution in [0.4, 0.5) is 5.69 Å². The van der Waals surface area contributed by atoms with Gasteiger partial charge in [-0.05, 0) is 81.0 Å². The van der Waals surface area contributed by atoms with Crippen LogP contribution in [0.3, 0.4) is 0 Å². The van der Waals surface area contributed by atoms with Crippen LogP contribution in [0, 0.1) is 11.8 Å². The van der Waals surface area contributed by atoms with Crippen LogP contribution in [0.2, 0.25) is 0 Å². The molecule has 2 amide bonds. The van der Waals surface area contributed by atoms with Crippen molar-refractivity contribution in [3.63, 3.8) is 0 Å². The summed E-state index contributed by atoms with van der Waals surface area (Å²) in [5.74, 6) is 0.684. The van der Waals surface area contributed by atoms with Crippen molar-refractivity contribution >= 4 is 27.5 Å². The van der Waals surface area contributed by atoms with Crippen LogP contribution in [0.25, 0.3) is 0 Å². The molecular formula is C24H35N3O4S. The molecule has 32 heavy (non-hydrogen) atoms. The monoisotopic (exact) mass is 461 g/mol. The van der Waals surface area contributed by atoms with Gasteiger partial charge < -0.3 is 10.2 Å². The van der Waals surface area contributed by atoms with Crippen molar-refractivity contribution < 1.29 is 18.0 Å². The topological polar surface area (TPSA) is 86.8 Å². The number of nitrogens with one attached hydrogen (secondary N) is 1. The Bertz CT molecular complexity index is 961. The molecule has 176 valence electrons. The van der Waals surface area contributed by atoms with Crippen molar-refractivity contribution in [2.45, 2.75) is 76.2 Å². The number of sulfonamides is 1. The minimum absolute atomic E-state index is 0.0235. The maximum absolute atomic E-state index is 13.3. The number of benzene rings is 1. The molecule has 0 spiro atoms. The predicted octanol–water partition coefficient (Wildman–Crippen LogP) is 3.08. The van der Waals surface area contributed by atoms with E-state index in [9.17, 15) is 18.0 Å². The van der Waals surface area contributed by atoms with Crippen molar-refractivity contribution in [3.05, 3.63) is 23.8 Å². The standard InChI is InChI=1S/C24H35N3O4S/c1-17-5-7-21(8-6-17)25-24(29)19-11-14-26(15-12-19)32(30,31)22-9-10-23-20(16-22)4-3-13-27(23)18(2)28/h9-10,16-17,19,21H,3-8,11-15H2,1-2H3,(H,25,29). The number of fused-ring (bicyclic) bond motifs is 1. The highest BCUT2D eigenvalue weighted by molar-refractivity contribution is 7.89. The first-order valence-corrected chi connectivity index (χ1v) is 13.4. The number of anilines is 1. The second-order valence-electron chi connectivity index (χ2n) is 9.71. The van der Waals surface area contributed by atoms with Gasteiger partial charge >= 0.3 is 0 Å². The second kappa shape index (κ2) is 9.51. The summed E-state index contributed by atoms with van der Waals surface area (Å²) < 4.78 is 28.0. The molecular weight excluding hydrogens is 426 g/mol. The average molecular weight is 462 g/mol. The normalized spacial score (nSPS) is 25.2. The van der Waals surface area contributed by atoms with Crippen molar-refractivity contribution in [3.8, 4) is 0 Å². The number of nitrogens with zero attached hydrogens (tertiary/aromatic N) is 2. The van der Waals surface area contributed by atoms with Gasteiger partial charge in [-0.2, -0.15) is 4.31 Å². The zero-order chi connectivity index (χ0) is 22.9. The van der Waals surface area contributed by atoms with Crippen molar-refractivity contribution in [1.82, 2.24) is 9.62 Å². The van der Waals surface area contributed by atoms with Crippen molar-refractivity contribution in [2.24, 2.45) is 11.8 Å². The molecule has 0 atom stereocenters. The van der Waals surface area contributed by atoms with Gasteiger partial charge in [-0.3, -0.25) is 9.59 Å². The maximum Gasteiger partial charge on any atom is 0.243 e. The molecule has 0 radical (unpaired) electrons. The summed E-state index contributed by atoms with van der Waals surface area (Å²) in [6.07, 6.45) is 7.11. The van der Waals surface area contributed by atoms with E-state index in [1.165, 1.54) is 11.2 Å². The second-order valence-corrected chi connectivity index (χ2v) is 11.6. The van der Waals surface area contributed by atoms with Gasteiger partial charge in [0, 0.05) is 44.2 Å². The first-order chi connectivity index (χ1) is 15.3. The van der Waals surface area contributed by atoms with E-state index >= 15 is 0 Å². The summed E-state index contributed by atoms with van der Waals surface area (Å²) >= 11 is 0. The zero-order valence-corrected chi connectivity index (χ0v) is 20.0. The van der Waals surface area contributed by atoms with E-state index < -0.39 is 10.0 Å². The van der Waals surface area contributed by atoms with Gasteiger partial charge in [-0.1, -0.05) is 6.92 Å². The molecule has 1 saturated carbocycles. The Morgan fingerprint density at radius 2 is 1.69 bits per heavy atom. The SMILES string of the molecule is CC(=O)N1CCCc2cc(S(=O)(=O)N3CCC(C(=O)NC4CCC(C)CC4)CC3)ccc21. The molecule has 2 aliphatic heterocycles. The largest absolute Gasteiger partial charge is 0.353 e. The fraction of sp³-hybridized carbons (Fsp3) is 0.667. The number of amides is 2. The van der Waals surface area contributed by atoms with Gasteiger partial charge in [0.1, 0.15) is 0 Å². The molecule has 1 aliphatic carbocycles. The van der Waals surface area contributed by atoms with Crippen LogP contribution in [0.15, 0.2) is 23.1 Å². The number of hydrogen-bond donors (Lipinski definition) is 1. The van der Waals surface area contributed by atoms with E-state index in [0.29, 0.717) is 32.5 Å². The number of aryl methyl sites for hydroxylation is 1. The van der Waals surface area contributed by atoms with E-state index in [1.807, 2.05) is 0 Å². The van der Waals surface area contributed by atoms with Crippen LogP contribution < -0.4 is 10.2 Å². The Labute approximate surface area is 191 Å². The molecule has 1 aromatic carbocycles. The molecule has 1 saturated heterocycles. The lowest BCUT2D eigenvalue weighted by molar-refractivity contribution is -0.127. The summed E-state index contributed by atoms with van der Waals surface area (Å²) in [4.78, 5) is 26.6. The van der Waals surface area contributed by atoms with Crippen LogP contribution in [0.1, 0.15) is 64.4 Å². The summed E-state index contributed by atoms with van der Waals surface area (Å²) in [7, 11) is -3.62. The molecule has 1 N–H and O–H groups in total. The Morgan fingerprint density at radius 3 is 2.34 bits per heavy atom. The highest BCUT2D eigenvalue weighted by Crippen LogP contribution is 2.32. The Morgan fingerprint density at radius 1 is 1.00 bits per heavy atom. The highest BCUT2D eigenvalue weighted by atomic mass is 32.2. The molecule has 2 fully saturated rings. The van der Waals surface area contributed by atoms with Crippen LogP contribution in [0.5, 0.6) is 0 Å². The average Bonchev–Trinajstić information content (AvgIpc) is 2.79. The maximum atomic E-state index is 13.3. The minimum Gasteiger partial charge on any atom is -0.353 e. The molecule has 2 heterocycles. The van der Waals surface area contributed by atoms with E-state index in [2.05, 4.69) is 12.2 Å². The fourth-order valence-electron chi connectivity index (χ4n) is 5.29. The summed E-state index contributed by atoms with van der Waals surface area (Å²) in [5.41, 5.74) is 1.72. The fourth-order valence-corrected chi connectivity index (χ4v) is 6.81. The molecule has 8 heteroatoms. The van der Waals surface area contributed by atoms with Gasteiger partial charge in [0.05, 0.1) is 4.90 Å². The molecule has 4 rings (SSSR count). The van der Waals surface area contributed by atoms with E-state index in [0.717, 1.165) is 55.7 Å². The summed E-state index contributed by atoms with van der Waals surface area (Å²) in [6, 6.07) is 5.36. The Balaban J connectivity index is 1.38. The third kappa shape index (κ3) is 4.86. The molecule has 3 aliphatic rings. The number of piperidine rings is 1. The quantitative estimate of drug-likeness (QED) is 0.747. The third-order valence-corrected chi connectivity index (χ3v) is 9.27. The molecule has 0 unspecified atom stereocenters. The summed E-state index contributed by atoms with van der Waals surface area (Å²) in [5, 5.41) is 3.20. The molecule has 1 aromatic rings. The number of hydrogen-bond acceptors (Lipinski definition) is 4. The van der Waals surface area contributed by atoms with Crippen molar-refractivity contribution in [2.75, 3.05) is 24.5 Å². The van der Waals surface area contributed by atoms with E-state index in [-0.39, 0.29) is 28.7 Å². The number of carbonyl (C=O) groups excluding carboxylic acids is 2. The van der Waals surface area contributed by atoms with Gasteiger partial charge in [0.15, 0.2) is 0 Å². The predicted molar refractivity (Wildman–Crippen MR) is 124 cm³/mol. The minimum atomic E-state index is -3.62. The number of rotatable bonds is 4. The van der Waals surface area contributed by atoms with Crippen molar-refractivity contribution in [1.29, 1.82) is 0 Å². The van der Waals surface area contributed by atoms with Gasteiger partial charge in [-0.15, -0.1) is 0 Å². The van der Waals surface area contributed by atoms with Crippen LogP contribution in [-0.4, -0.2) is 50.2 Å². The Kier molecular flexibility index (Phi) is 6.91. The lowest BCUT2D eigenvalue weighted by Gasteiger charge is -2.33. The first-order valence-electron chi connectivity index (χ1n) is 12.0.